The van der Waals surface area contributed by atoms with Crippen molar-refractivity contribution in [2.24, 2.45) is 0 Å². The third-order valence-electron chi connectivity index (χ3n) is 1.76. The summed E-state index contributed by atoms with van der Waals surface area (Å²) in [5.41, 5.74) is 0. The number of hydrogen-bond acceptors (Lipinski definition) is 4. The molecule has 0 aromatic carbocycles. The molecule has 0 saturated carbocycles. The lowest BCUT2D eigenvalue weighted by molar-refractivity contribution is 0.147. The number of nitrogens with zero attached hydrogens (tertiary/aromatic N) is 1. The molecule has 0 aliphatic heterocycles. The molecule has 0 unspecified atom stereocenters. The maximum Gasteiger partial charge on any atom is 0.243 e. The smallest absolute Gasteiger partial charge is 0.243 e. The van der Waals surface area contributed by atoms with Crippen LogP contribution in [0, 0.1) is 0 Å². The number of aromatic nitrogens is 2. The van der Waals surface area contributed by atoms with Crippen molar-refractivity contribution in [1.82, 2.24) is 14.9 Å². The van der Waals surface area contributed by atoms with E-state index in [0.29, 0.717) is 32.1 Å². The fourth-order valence-electron chi connectivity index (χ4n) is 1.01. The van der Waals surface area contributed by atoms with Crippen LogP contribution >= 0.6 is 11.6 Å². The van der Waals surface area contributed by atoms with Gasteiger partial charge in [0.2, 0.25) is 10.0 Å². The van der Waals surface area contributed by atoms with E-state index in [1.807, 2.05) is 0 Å². The molecule has 0 amide bonds. The summed E-state index contributed by atoms with van der Waals surface area (Å²) >= 11 is 5.41. The number of alkyl halides is 1. The Morgan fingerprint density at radius 1 is 1.50 bits per heavy atom. The van der Waals surface area contributed by atoms with Gasteiger partial charge in [0.15, 0.2) is 0 Å². The highest BCUT2D eigenvalue weighted by Gasteiger charge is 2.13. The van der Waals surface area contributed by atoms with Gasteiger partial charge in [-0.1, -0.05) is 0 Å². The van der Waals surface area contributed by atoms with Gasteiger partial charge in [-0.05, 0) is 6.42 Å². The second kappa shape index (κ2) is 6.85. The molecule has 0 fully saturated rings. The predicted molar refractivity (Wildman–Crippen MR) is 59.9 cm³/mol. The summed E-state index contributed by atoms with van der Waals surface area (Å²) in [5.74, 6) is 0.445. The van der Waals surface area contributed by atoms with Crippen molar-refractivity contribution in [3.05, 3.63) is 12.4 Å². The number of ether oxygens (including phenoxy) is 1. The second-order valence-electron chi connectivity index (χ2n) is 2.99. The number of halogens is 1. The topological polar surface area (TPSA) is 84.1 Å². The van der Waals surface area contributed by atoms with Crippen LogP contribution in [0.2, 0.25) is 0 Å². The van der Waals surface area contributed by atoms with Gasteiger partial charge >= 0.3 is 0 Å². The number of hydrogen-bond donors (Lipinski definition) is 2. The molecule has 16 heavy (non-hydrogen) atoms. The maximum absolute atomic E-state index is 11.5. The van der Waals surface area contributed by atoms with Gasteiger partial charge < -0.3 is 4.74 Å². The largest absolute Gasteiger partial charge is 0.380 e. The summed E-state index contributed by atoms with van der Waals surface area (Å²) in [4.78, 5) is 0.133. The Kier molecular flexibility index (Phi) is 5.75. The summed E-state index contributed by atoms with van der Waals surface area (Å²) in [6.45, 7) is 1.30. The summed E-state index contributed by atoms with van der Waals surface area (Å²) in [6, 6.07) is 0. The molecule has 1 aromatic heterocycles. The maximum atomic E-state index is 11.5. The average Bonchev–Trinajstić information content (AvgIpc) is 2.77. The zero-order valence-electron chi connectivity index (χ0n) is 8.65. The van der Waals surface area contributed by atoms with Crippen molar-refractivity contribution in [2.75, 3.05) is 25.6 Å². The monoisotopic (exact) mass is 267 g/mol. The van der Waals surface area contributed by atoms with Gasteiger partial charge in [0.1, 0.15) is 4.90 Å². The SMILES string of the molecule is O=S(=O)(NCCCOCCCl)c1cn[nH]c1. The van der Waals surface area contributed by atoms with Crippen LogP contribution in [-0.2, 0) is 14.8 Å². The van der Waals surface area contributed by atoms with Crippen molar-refractivity contribution in [3.8, 4) is 0 Å². The Balaban J connectivity index is 2.22. The second-order valence-corrected chi connectivity index (χ2v) is 5.13. The Bertz CT molecular complexity index is 379. The van der Waals surface area contributed by atoms with Crippen LogP contribution in [0.1, 0.15) is 6.42 Å². The Labute approximate surface area is 99.4 Å². The van der Waals surface area contributed by atoms with Crippen molar-refractivity contribution in [3.63, 3.8) is 0 Å². The van der Waals surface area contributed by atoms with E-state index in [9.17, 15) is 8.42 Å². The molecule has 1 heterocycles. The highest BCUT2D eigenvalue weighted by molar-refractivity contribution is 7.89. The predicted octanol–water partition coefficient (Wildman–Crippen LogP) is 0.333. The van der Waals surface area contributed by atoms with Crippen LogP contribution in [0.15, 0.2) is 17.3 Å². The highest BCUT2D eigenvalue weighted by Crippen LogP contribution is 2.03. The molecule has 92 valence electrons. The first-order chi connectivity index (χ1) is 7.67. The molecule has 0 radical (unpaired) electrons. The summed E-state index contributed by atoms with van der Waals surface area (Å²) in [6.07, 6.45) is 3.19. The van der Waals surface area contributed by atoms with E-state index in [0.717, 1.165) is 0 Å². The molecule has 0 atom stereocenters. The van der Waals surface area contributed by atoms with E-state index in [-0.39, 0.29) is 4.90 Å². The lowest BCUT2D eigenvalue weighted by Crippen LogP contribution is -2.25. The fraction of sp³-hybridized carbons (Fsp3) is 0.625. The molecule has 8 heteroatoms. The molecular formula is C8H14ClN3O3S. The van der Waals surface area contributed by atoms with Crippen LogP contribution in [0.3, 0.4) is 0 Å². The molecule has 2 N–H and O–H groups in total. The molecular weight excluding hydrogens is 254 g/mol. The first kappa shape index (κ1) is 13.4. The summed E-state index contributed by atoms with van der Waals surface area (Å²) in [5, 5.41) is 6.02. The standard InChI is InChI=1S/C8H14ClN3O3S/c9-2-5-15-4-1-3-12-16(13,14)8-6-10-11-7-8/h6-7,12H,1-5H2,(H,10,11). The number of sulfonamides is 1. The van der Waals surface area contributed by atoms with Gasteiger partial charge in [-0.3, -0.25) is 5.10 Å². The van der Waals surface area contributed by atoms with Crippen molar-refractivity contribution in [1.29, 1.82) is 0 Å². The van der Waals surface area contributed by atoms with E-state index in [1.165, 1.54) is 12.4 Å². The molecule has 0 saturated heterocycles. The lowest BCUT2D eigenvalue weighted by Gasteiger charge is -2.04. The summed E-state index contributed by atoms with van der Waals surface area (Å²) < 4.78 is 30.6. The average molecular weight is 268 g/mol. The fourth-order valence-corrected chi connectivity index (χ4v) is 2.09. The minimum absolute atomic E-state index is 0.133. The number of aromatic amines is 1. The lowest BCUT2D eigenvalue weighted by atomic mass is 10.5. The Hall–Kier alpha value is -0.630. The zero-order chi connectivity index (χ0) is 11.9. The molecule has 6 nitrogen and oxygen atoms in total. The first-order valence-electron chi connectivity index (χ1n) is 4.79. The van der Waals surface area contributed by atoms with Crippen LogP contribution < -0.4 is 4.72 Å². The normalized spacial score (nSPS) is 11.8. The van der Waals surface area contributed by atoms with Crippen molar-refractivity contribution < 1.29 is 13.2 Å². The van der Waals surface area contributed by atoms with Gasteiger partial charge in [0, 0.05) is 25.2 Å². The first-order valence-corrected chi connectivity index (χ1v) is 6.81. The minimum atomic E-state index is -3.44. The van der Waals surface area contributed by atoms with Crippen molar-refractivity contribution >= 4 is 21.6 Å². The molecule has 1 rings (SSSR count). The third-order valence-corrected chi connectivity index (χ3v) is 3.34. The molecule has 0 spiro atoms. The van der Waals surface area contributed by atoms with E-state index in [4.69, 9.17) is 16.3 Å². The Morgan fingerprint density at radius 2 is 2.31 bits per heavy atom. The van der Waals surface area contributed by atoms with E-state index in [1.54, 1.807) is 0 Å². The minimum Gasteiger partial charge on any atom is -0.380 e. The quantitative estimate of drug-likeness (QED) is 0.525. The van der Waals surface area contributed by atoms with Crippen molar-refractivity contribution in [2.45, 2.75) is 11.3 Å². The molecule has 0 bridgehead atoms. The Morgan fingerprint density at radius 3 is 2.94 bits per heavy atom. The number of rotatable bonds is 8. The zero-order valence-corrected chi connectivity index (χ0v) is 10.2. The number of nitrogens with one attached hydrogen (secondary N) is 2. The van der Waals surface area contributed by atoms with Gasteiger partial charge in [-0.15, -0.1) is 11.6 Å². The molecule has 0 aliphatic carbocycles. The van der Waals surface area contributed by atoms with Gasteiger partial charge in [-0.2, -0.15) is 5.10 Å². The molecule has 0 aliphatic rings. The van der Waals surface area contributed by atoms with E-state index in [2.05, 4.69) is 14.9 Å². The summed E-state index contributed by atoms with van der Waals surface area (Å²) in [7, 11) is -3.44. The van der Waals surface area contributed by atoms with Crippen LogP contribution in [0.25, 0.3) is 0 Å². The van der Waals surface area contributed by atoms with Gasteiger partial charge in [0.05, 0.1) is 12.8 Å². The third kappa shape index (κ3) is 4.48. The van der Waals surface area contributed by atoms with Crippen LogP contribution in [-0.4, -0.2) is 44.3 Å². The van der Waals surface area contributed by atoms with Crippen LogP contribution in [0.5, 0.6) is 0 Å². The van der Waals surface area contributed by atoms with Gasteiger partial charge in [-0.25, -0.2) is 13.1 Å². The van der Waals surface area contributed by atoms with E-state index < -0.39 is 10.0 Å². The highest BCUT2D eigenvalue weighted by atomic mass is 35.5. The number of H-pyrrole nitrogens is 1. The van der Waals surface area contributed by atoms with Gasteiger partial charge in [0.25, 0.3) is 0 Å². The molecule has 1 aromatic rings. The van der Waals surface area contributed by atoms with Crippen LogP contribution in [0.4, 0.5) is 0 Å². The van der Waals surface area contributed by atoms with E-state index >= 15 is 0 Å².